The van der Waals surface area contributed by atoms with Crippen LogP contribution in [-0.4, -0.2) is 47.4 Å². The smallest absolute Gasteiger partial charge is 0.305 e. The van der Waals surface area contributed by atoms with Gasteiger partial charge in [0, 0.05) is 12.8 Å². The molecule has 1 amide bonds. The number of ether oxygens (including phenoxy) is 1. The van der Waals surface area contributed by atoms with Crippen LogP contribution < -0.4 is 5.32 Å². The fourth-order valence-corrected chi connectivity index (χ4v) is 11.2. The highest BCUT2D eigenvalue weighted by atomic mass is 16.5. The van der Waals surface area contributed by atoms with Crippen LogP contribution in [0.2, 0.25) is 0 Å². The second-order valence-corrected chi connectivity index (χ2v) is 24.2. The van der Waals surface area contributed by atoms with Gasteiger partial charge in [-0.2, -0.15) is 0 Å². The number of aliphatic hydroxyl groups excluding tert-OH is 2. The lowest BCUT2D eigenvalue weighted by molar-refractivity contribution is -0.143. The summed E-state index contributed by atoms with van der Waals surface area (Å²) in [4.78, 5) is 24.6. The van der Waals surface area contributed by atoms with Gasteiger partial charge in [0.25, 0.3) is 0 Å². The van der Waals surface area contributed by atoms with Crippen LogP contribution in [0.15, 0.2) is 12.2 Å². The molecular formula is C70H137NO5. The van der Waals surface area contributed by atoms with Crippen molar-refractivity contribution < 1.29 is 24.5 Å². The Morgan fingerprint density at radius 1 is 0.355 bits per heavy atom. The molecule has 2 unspecified atom stereocenters. The Morgan fingerprint density at radius 2 is 0.618 bits per heavy atom. The average Bonchev–Trinajstić information content (AvgIpc) is 3.42. The molecule has 6 heteroatoms. The van der Waals surface area contributed by atoms with E-state index in [2.05, 4.69) is 31.3 Å². The van der Waals surface area contributed by atoms with E-state index in [9.17, 15) is 19.8 Å². The van der Waals surface area contributed by atoms with E-state index in [1.54, 1.807) is 0 Å². The number of esters is 1. The number of aliphatic hydroxyl groups is 2. The Labute approximate surface area is 476 Å². The predicted molar refractivity (Wildman–Crippen MR) is 333 cm³/mol. The molecule has 452 valence electrons. The lowest BCUT2D eigenvalue weighted by atomic mass is 10.0. The number of allylic oxidation sites excluding steroid dienone is 2. The third-order valence-corrected chi connectivity index (χ3v) is 16.6. The first-order chi connectivity index (χ1) is 37.5. The van der Waals surface area contributed by atoms with Crippen molar-refractivity contribution in [2.24, 2.45) is 0 Å². The fourth-order valence-electron chi connectivity index (χ4n) is 11.2. The van der Waals surface area contributed by atoms with E-state index in [4.69, 9.17) is 4.74 Å². The third kappa shape index (κ3) is 61.8. The highest BCUT2D eigenvalue weighted by Gasteiger charge is 2.20. The summed E-state index contributed by atoms with van der Waals surface area (Å²) in [5.41, 5.74) is 0. The maximum absolute atomic E-state index is 12.5. The lowest BCUT2D eigenvalue weighted by Gasteiger charge is -2.22. The van der Waals surface area contributed by atoms with Crippen LogP contribution >= 0.6 is 0 Å². The molecule has 0 aromatic carbocycles. The Kier molecular flexibility index (Phi) is 64.9. The molecule has 0 aromatic heterocycles. The van der Waals surface area contributed by atoms with Gasteiger partial charge in [0.1, 0.15) is 0 Å². The summed E-state index contributed by atoms with van der Waals surface area (Å²) in [6, 6.07) is -0.542. The van der Waals surface area contributed by atoms with E-state index in [-0.39, 0.29) is 18.5 Å². The summed E-state index contributed by atoms with van der Waals surface area (Å²) in [5.74, 6) is -0.0193. The molecule has 2 atom stereocenters. The van der Waals surface area contributed by atoms with Gasteiger partial charge in [-0.3, -0.25) is 9.59 Å². The van der Waals surface area contributed by atoms with Gasteiger partial charge in [-0.25, -0.2) is 0 Å². The van der Waals surface area contributed by atoms with Gasteiger partial charge >= 0.3 is 5.97 Å². The first kappa shape index (κ1) is 74.6. The fraction of sp³-hybridized carbons (Fsp3) is 0.943. The van der Waals surface area contributed by atoms with E-state index < -0.39 is 12.1 Å². The summed E-state index contributed by atoms with van der Waals surface area (Å²) in [6.07, 6.45) is 81.0. The van der Waals surface area contributed by atoms with Crippen molar-refractivity contribution in [3.05, 3.63) is 12.2 Å². The zero-order valence-corrected chi connectivity index (χ0v) is 51.8. The van der Waals surface area contributed by atoms with Crippen LogP contribution in [0.4, 0.5) is 0 Å². The molecule has 0 saturated carbocycles. The average molecular weight is 1070 g/mol. The van der Waals surface area contributed by atoms with Crippen LogP contribution in [0.5, 0.6) is 0 Å². The number of amides is 1. The predicted octanol–water partition coefficient (Wildman–Crippen LogP) is 22.4. The third-order valence-electron chi connectivity index (χ3n) is 16.6. The van der Waals surface area contributed by atoms with Gasteiger partial charge in [-0.05, 0) is 51.4 Å². The number of hydrogen-bond acceptors (Lipinski definition) is 5. The zero-order chi connectivity index (χ0) is 55.0. The standard InChI is InChI=1S/C70H137NO5/c1-3-5-7-9-11-13-15-17-19-21-22-27-31-34-38-42-46-50-54-58-62-68(73)67(66-72)71-69(74)63-59-55-51-47-43-39-35-32-28-25-23-24-26-29-33-37-41-45-49-53-57-61-65-76-70(75)64-60-56-52-48-44-40-36-30-20-18-16-14-12-10-8-6-4-2/h18,20,67-68,72-73H,3-17,19,21-66H2,1-2H3,(H,71,74)/b20-18-. The molecule has 0 radical (unpaired) electrons. The first-order valence-electron chi connectivity index (χ1n) is 34.9. The molecule has 0 spiro atoms. The quantitative estimate of drug-likeness (QED) is 0.0320. The molecule has 0 heterocycles. The van der Waals surface area contributed by atoms with Gasteiger partial charge in [0.05, 0.1) is 25.4 Å². The minimum atomic E-state index is -0.665. The van der Waals surface area contributed by atoms with Crippen molar-refractivity contribution >= 4 is 11.9 Å². The number of hydrogen-bond donors (Lipinski definition) is 3. The summed E-state index contributed by atoms with van der Waals surface area (Å²) in [6.45, 7) is 4.99. The van der Waals surface area contributed by atoms with E-state index in [1.807, 2.05) is 0 Å². The minimum Gasteiger partial charge on any atom is -0.466 e. The SMILES string of the molecule is CCCCCCCC/C=C\CCCCCCCCCC(=O)OCCCCCCCCCCCCCCCCCCCCCCCCC(=O)NC(CO)C(O)CCCCCCCCCCCCCCCCCCCCCC. The van der Waals surface area contributed by atoms with Crippen LogP contribution in [-0.2, 0) is 14.3 Å². The molecule has 0 bridgehead atoms. The van der Waals surface area contributed by atoms with Crippen molar-refractivity contribution in [1.29, 1.82) is 0 Å². The molecule has 76 heavy (non-hydrogen) atoms. The summed E-state index contributed by atoms with van der Waals surface area (Å²) < 4.78 is 5.50. The topological polar surface area (TPSA) is 95.9 Å². The summed E-state index contributed by atoms with van der Waals surface area (Å²) in [7, 11) is 0. The Hall–Kier alpha value is -1.40. The maximum Gasteiger partial charge on any atom is 0.305 e. The van der Waals surface area contributed by atoms with Crippen molar-refractivity contribution in [3.8, 4) is 0 Å². The molecule has 0 fully saturated rings. The number of carbonyl (C=O) groups excluding carboxylic acids is 2. The number of rotatable bonds is 66. The second kappa shape index (κ2) is 66.1. The molecule has 0 aliphatic heterocycles. The molecule has 0 rings (SSSR count). The first-order valence-corrected chi connectivity index (χ1v) is 34.9. The molecule has 6 nitrogen and oxygen atoms in total. The maximum atomic E-state index is 12.5. The van der Waals surface area contributed by atoms with Gasteiger partial charge in [0.2, 0.25) is 5.91 Å². The lowest BCUT2D eigenvalue weighted by Crippen LogP contribution is -2.45. The van der Waals surface area contributed by atoms with Crippen LogP contribution in [0.1, 0.15) is 399 Å². The largest absolute Gasteiger partial charge is 0.466 e. The number of nitrogens with one attached hydrogen (secondary N) is 1. The summed E-state index contributed by atoms with van der Waals surface area (Å²) in [5, 5.41) is 23.4. The van der Waals surface area contributed by atoms with Crippen LogP contribution in [0.25, 0.3) is 0 Å². The van der Waals surface area contributed by atoms with E-state index in [0.29, 0.717) is 25.9 Å². The van der Waals surface area contributed by atoms with Crippen LogP contribution in [0.3, 0.4) is 0 Å². The monoisotopic (exact) mass is 1070 g/mol. The second-order valence-electron chi connectivity index (χ2n) is 24.2. The van der Waals surface area contributed by atoms with Crippen molar-refractivity contribution in [3.63, 3.8) is 0 Å². The molecule has 0 aliphatic rings. The van der Waals surface area contributed by atoms with Crippen molar-refractivity contribution in [2.75, 3.05) is 13.2 Å². The summed E-state index contributed by atoms with van der Waals surface area (Å²) >= 11 is 0. The number of unbranched alkanes of at least 4 members (excludes halogenated alkanes) is 53. The van der Waals surface area contributed by atoms with Gasteiger partial charge in [-0.1, -0.05) is 347 Å². The Morgan fingerprint density at radius 3 is 0.934 bits per heavy atom. The molecular weight excluding hydrogens is 935 g/mol. The Bertz CT molecular complexity index is 1140. The van der Waals surface area contributed by atoms with E-state index in [0.717, 1.165) is 44.9 Å². The van der Waals surface area contributed by atoms with Crippen molar-refractivity contribution in [1.82, 2.24) is 5.32 Å². The van der Waals surface area contributed by atoms with Gasteiger partial charge in [-0.15, -0.1) is 0 Å². The van der Waals surface area contributed by atoms with Crippen LogP contribution in [0, 0.1) is 0 Å². The normalized spacial score (nSPS) is 12.5. The zero-order valence-electron chi connectivity index (χ0n) is 51.8. The molecule has 0 aromatic rings. The van der Waals surface area contributed by atoms with E-state index >= 15 is 0 Å². The number of carbonyl (C=O) groups is 2. The molecule has 0 aliphatic carbocycles. The molecule has 0 saturated heterocycles. The highest BCUT2D eigenvalue weighted by Crippen LogP contribution is 2.19. The minimum absolute atomic E-state index is 0.0112. The highest BCUT2D eigenvalue weighted by molar-refractivity contribution is 5.76. The van der Waals surface area contributed by atoms with E-state index in [1.165, 1.54) is 321 Å². The van der Waals surface area contributed by atoms with Crippen molar-refractivity contribution in [2.45, 2.75) is 411 Å². The van der Waals surface area contributed by atoms with Gasteiger partial charge in [0.15, 0.2) is 0 Å². The molecule has 3 N–H and O–H groups in total. The van der Waals surface area contributed by atoms with Gasteiger partial charge < -0.3 is 20.3 Å². The Balaban J connectivity index is 3.37.